The summed E-state index contributed by atoms with van der Waals surface area (Å²) in [6.07, 6.45) is 0.818. The number of rotatable bonds is 4. The summed E-state index contributed by atoms with van der Waals surface area (Å²) in [5.41, 5.74) is 2.41. The van der Waals surface area contributed by atoms with Crippen LogP contribution in [0.4, 0.5) is 10.1 Å². The highest BCUT2D eigenvalue weighted by Crippen LogP contribution is 2.35. The van der Waals surface area contributed by atoms with Gasteiger partial charge in [0.05, 0.1) is 0 Å². The van der Waals surface area contributed by atoms with E-state index < -0.39 is 0 Å². The Bertz CT molecular complexity index is 613. The van der Waals surface area contributed by atoms with Gasteiger partial charge in [-0.2, -0.15) is 0 Å². The second kappa shape index (κ2) is 5.89. The Kier molecular flexibility index (Phi) is 4.22. The lowest BCUT2D eigenvalue weighted by Gasteiger charge is -2.11. The average molecular weight is 275 g/mol. The molecule has 4 heteroatoms. The fourth-order valence-corrected chi connectivity index (χ4v) is 2.75. The molecule has 2 aromatic rings. The summed E-state index contributed by atoms with van der Waals surface area (Å²) < 4.78 is 13.1. The zero-order valence-corrected chi connectivity index (χ0v) is 11.6. The molecule has 1 N–H and O–H groups in total. The molecule has 0 aliphatic heterocycles. The van der Waals surface area contributed by atoms with E-state index in [4.69, 9.17) is 0 Å². The molecule has 0 fully saturated rings. The second-order valence-electron chi connectivity index (χ2n) is 4.14. The molecular formula is C15H14FNOS. The van der Waals surface area contributed by atoms with Crippen LogP contribution in [0.3, 0.4) is 0 Å². The van der Waals surface area contributed by atoms with Crippen LogP contribution >= 0.6 is 11.8 Å². The van der Waals surface area contributed by atoms with Gasteiger partial charge < -0.3 is 5.32 Å². The molecule has 0 spiro atoms. The predicted octanol–water partition coefficient (Wildman–Crippen LogP) is 4.14. The van der Waals surface area contributed by atoms with Crippen LogP contribution in [0.1, 0.15) is 15.9 Å². The Labute approximate surface area is 116 Å². The monoisotopic (exact) mass is 275 g/mol. The Hall–Kier alpha value is -1.81. The summed E-state index contributed by atoms with van der Waals surface area (Å²) >= 11 is 1.55. The molecule has 0 aliphatic carbocycles. The minimum atomic E-state index is -0.230. The van der Waals surface area contributed by atoms with E-state index in [1.807, 2.05) is 20.0 Å². The third-order valence-corrected chi connectivity index (χ3v) is 4.02. The summed E-state index contributed by atoms with van der Waals surface area (Å²) in [5, 5.41) is 3.07. The first-order chi connectivity index (χ1) is 9.13. The smallest absolute Gasteiger partial charge is 0.150 e. The summed E-state index contributed by atoms with van der Waals surface area (Å²) in [5.74, 6) is -0.230. The molecule has 0 aromatic heterocycles. The van der Waals surface area contributed by atoms with Gasteiger partial charge in [-0.15, -0.1) is 0 Å². The van der Waals surface area contributed by atoms with E-state index >= 15 is 0 Å². The largest absolute Gasteiger partial charge is 0.387 e. The van der Waals surface area contributed by atoms with Gasteiger partial charge in [0.2, 0.25) is 0 Å². The summed E-state index contributed by atoms with van der Waals surface area (Å²) in [6, 6.07) is 10.2. The van der Waals surface area contributed by atoms with Crippen LogP contribution in [-0.2, 0) is 0 Å². The molecule has 0 unspecified atom stereocenters. The molecule has 0 heterocycles. The van der Waals surface area contributed by atoms with Crippen molar-refractivity contribution in [1.29, 1.82) is 0 Å². The first kappa shape index (κ1) is 13.6. The topological polar surface area (TPSA) is 29.1 Å². The summed E-state index contributed by atoms with van der Waals surface area (Å²) in [6.45, 7) is 1.88. The van der Waals surface area contributed by atoms with Crippen molar-refractivity contribution in [2.24, 2.45) is 0 Å². The lowest BCUT2D eigenvalue weighted by molar-refractivity contribution is 0.112. The number of benzene rings is 2. The van der Waals surface area contributed by atoms with Crippen molar-refractivity contribution < 1.29 is 9.18 Å². The molecule has 2 aromatic carbocycles. The van der Waals surface area contributed by atoms with Crippen LogP contribution in [0.5, 0.6) is 0 Å². The number of aldehydes is 1. The average Bonchev–Trinajstić information content (AvgIpc) is 2.42. The lowest BCUT2D eigenvalue weighted by atomic mass is 10.2. The molecule has 0 atom stereocenters. The number of hydrogen-bond acceptors (Lipinski definition) is 3. The molecule has 0 radical (unpaired) electrons. The van der Waals surface area contributed by atoms with E-state index in [2.05, 4.69) is 5.32 Å². The van der Waals surface area contributed by atoms with Crippen molar-refractivity contribution in [2.75, 3.05) is 12.4 Å². The van der Waals surface area contributed by atoms with E-state index in [1.54, 1.807) is 30.0 Å². The van der Waals surface area contributed by atoms with Gasteiger partial charge in [0.1, 0.15) is 12.1 Å². The fourth-order valence-electron chi connectivity index (χ4n) is 1.75. The van der Waals surface area contributed by atoms with Crippen LogP contribution in [0.15, 0.2) is 46.2 Å². The SMILES string of the molecule is CNc1cc(C=O)ccc1Sc1ccc(F)cc1C. The van der Waals surface area contributed by atoms with Crippen molar-refractivity contribution in [3.05, 3.63) is 53.3 Å². The molecule has 0 bridgehead atoms. The zero-order chi connectivity index (χ0) is 13.8. The summed E-state index contributed by atoms with van der Waals surface area (Å²) in [4.78, 5) is 12.8. The third-order valence-electron chi connectivity index (χ3n) is 2.77. The van der Waals surface area contributed by atoms with Crippen LogP contribution in [0.25, 0.3) is 0 Å². The molecular weight excluding hydrogens is 261 g/mol. The fraction of sp³-hybridized carbons (Fsp3) is 0.133. The minimum Gasteiger partial charge on any atom is -0.387 e. The van der Waals surface area contributed by atoms with E-state index in [0.717, 1.165) is 27.3 Å². The van der Waals surface area contributed by atoms with Gasteiger partial charge in [-0.3, -0.25) is 4.79 Å². The van der Waals surface area contributed by atoms with Crippen molar-refractivity contribution in [3.8, 4) is 0 Å². The van der Waals surface area contributed by atoms with Gasteiger partial charge in [0.15, 0.2) is 0 Å². The zero-order valence-electron chi connectivity index (χ0n) is 10.7. The first-order valence-corrected chi connectivity index (χ1v) is 6.66. The number of halogens is 1. The van der Waals surface area contributed by atoms with Gasteiger partial charge in [-0.25, -0.2) is 4.39 Å². The molecule has 98 valence electrons. The van der Waals surface area contributed by atoms with E-state index in [9.17, 15) is 9.18 Å². The quantitative estimate of drug-likeness (QED) is 0.850. The maximum absolute atomic E-state index is 13.1. The number of carbonyl (C=O) groups excluding carboxylic acids is 1. The number of aryl methyl sites for hydroxylation is 1. The summed E-state index contributed by atoms with van der Waals surface area (Å²) in [7, 11) is 1.81. The van der Waals surface area contributed by atoms with Crippen LogP contribution < -0.4 is 5.32 Å². The highest BCUT2D eigenvalue weighted by atomic mass is 32.2. The van der Waals surface area contributed by atoms with Gasteiger partial charge in [0.25, 0.3) is 0 Å². The van der Waals surface area contributed by atoms with Crippen molar-refractivity contribution in [3.63, 3.8) is 0 Å². The molecule has 19 heavy (non-hydrogen) atoms. The van der Waals surface area contributed by atoms with E-state index in [1.165, 1.54) is 12.1 Å². The van der Waals surface area contributed by atoms with Crippen LogP contribution in [-0.4, -0.2) is 13.3 Å². The first-order valence-electron chi connectivity index (χ1n) is 5.85. The Morgan fingerprint density at radius 3 is 2.53 bits per heavy atom. The highest BCUT2D eigenvalue weighted by molar-refractivity contribution is 7.99. The molecule has 0 amide bonds. The molecule has 0 saturated heterocycles. The van der Waals surface area contributed by atoms with Gasteiger partial charge >= 0.3 is 0 Å². The maximum Gasteiger partial charge on any atom is 0.150 e. The van der Waals surface area contributed by atoms with Gasteiger partial charge in [-0.05, 0) is 42.8 Å². The Balaban J connectivity index is 2.34. The molecule has 2 rings (SSSR count). The molecule has 0 aliphatic rings. The van der Waals surface area contributed by atoms with Gasteiger partial charge in [-0.1, -0.05) is 17.8 Å². The third kappa shape index (κ3) is 3.15. The molecule has 0 saturated carbocycles. The van der Waals surface area contributed by atoms with Crippen LogP contribution in [0, 0.1) is 12.7 Å². The normalized spacial score (nSPS) is 10.3. The number of nitrogens with one attached hydrogen (secondary N) is 1. The van der Waals surface area contributed by atoms with Crippen molar-refractivity contribution in [2.45, 2.75) is 16.7 Å². The van der Waals surface area contributed by atoms with Crippen molar-refractivity contribution in [1.82, 2.24) is 0 Å². The van der Waals surface area contributed by atoms with Gasteiger partial charge in [0, 0.05) is 28.1 Å². The predicted molar refractivity (Wildman–Crippen MR) is 76.6 cm³/mol. The van der Waals surface area contributed by atoms with Crippen LogP contribution in [0.2, 0.25) is 0 Å². The molecule has 2 nitrogen and oxygen atoms in total. The highest BCUT2D eigenvalue weighted by Gasteiger charge is 2.07. The number of hydrogen-bond donors (Lipinski definition) is 1. The number of carbonyl (C=O) groups is 1. The maximum atomic E-state index is 13.1. The standard InChI is InChI=1S/C15H14FNOS/c1-10-7-12(16)4-6-14(10)19-15-5-3-11(9-18)8-13(15)17-2/h3-9,17H,1-2H3. The number of anilines is 1. The minimum absolute atomic E-state index is 0.230. The van der Waals surface area contributed by atoms with Crippen molar-refractivity contribution >= 4 is 23.7 Å². The Morgan fingerprint density at radius 1 is 1.16 bits per heavy atom. The second-order valence-corrected chi connectivity index (χ2v) is 5.22. The lowest BCUT2D eigenvalue weighted by Crippen LogP contribution is -1.93. The van der Waals surface area contributed by atoms with E-state index in [-0.39, 0.29) is 5.82 Å². The van der Waals surface area contributed by atoms with E-state index in [0.29, 0.717) is 5.56 Å². The Morgan fingerprint density at radius 2 is 1.89 bits per heavy atom.